The van der Waals surface area contributed by atoms with Crippen molar-refractivity contribution in [3.8, 4) is 11.6 Å². The molecule has 0 bridgehead atoms. The Kier molecular flexibility index (Phi) is 14.6. The van der Waals surface area contributed by atoms with Crippen LogP contribution in [0.3, 0.4) is 0 Å². The lowest BCUT2D eigenvalue weighted by Gasteiger charge is -2.22. The van der Waals surface area contributed by atoms with Gasteiger partial charge in [-0.3, -0.25) is 0 Å². The number of nitrogens with zero attached hydrogens (tertiary/aromatic N) is 6. The zero-order chi connectivity index (χ0) is 38.5. The van der Waals surface area contributed by atoms with Gasteiger partial charge in [0.05, 0.1) is 26.2 Å². The fourth-order valence-corrected chi connectivity index (χ4v) is 6.32. The fourth-order valence-electron chi connectivity index (χ4n) is 2.90. The quantitative estimate of drug-likeness (QED) is 0.271. The first-order valence-electron chi connectivity index (χ1n) is 12.1. The van der Waals surface area contributed by atoms with Crippen LogP contribution in [0, 0.1) is 0 Å². The zero-order valence-electron chi connectivity index (χ0n) is 24.3. The van der Waals surface area contributed by atoms with E-state index in [-0.39, 0.29) is 0 Å². The second-order valence-corrected chi connectivity index (χ2v) is 15.1. The molecular weight excluding hydrogens is 784 g/mol. The molecule has 30 heteroatoms. The largest absolute Gasteiger partial charge is 0.480 e. The molecule has 2 aromatic rings. The molecular formula is C18H24F12N6O8S4. The summed E-state index contributed by atoms with van der Waals surface area (Å²) in [6.07, 6.45) is 8.69. The summed E-state index contributed by atoms with van der Waals surface area (Å²) in [4.78, 5) is 0. The van der Waals surface area contributed by atoms with Gasteiger partial charge in [0.2, 0.25) is 0 Å². The summed E-state index contributed by atoms with van der Waals surface area (Å²) >= 11 is 0. The maximum Gasteiger partial charge on any atom is 0.480 e. The zero-order valence-corrected chi connectivity index (χ0v) is 27.5. The van der Waals surface area contributed by atoms with Gasteiger partial charge < -0.3 is 8.25 Å². The summed E-state index contributed by atoms with van der Waals surface area (Å²) in [7, 11) is -26.9. The molecule has 14 nitrogen and oxygen atoms in total. The first-order chi connectivity index (χ1) is 21.2. The summed E-state index contributed by atoms with van der Waals surface area (Å²) in [5.41, 5.74) is -24.8. The number of rotatable bonds is 9. The van der Waals surface area contributed by atoms with Crippen LogP contribution in [-0.4, -0.2) is 64.8 Å². The van der Waals surface area contributed by atoms with Crippen LogP contribution in [0.1, 0.15) is 27.7 Å². The molecule has 2 aromatic heterocycles. The Morgan fingerprint density at radius 2 is 0.708 bits per heavy atom. The third kappa shape index (κ3) is 11.2. The van der Waals surface area contributed by atoms with E-state index in [0.717, 1.165) is 34.4 Å². The first kappa shape index (κ1) is 45.3. The lowest BCUT2D eigenvalue weighted by atomic mass is 10.4. The molecule has 0 radical (unpaired) electrons. The fraction of sp³-hybridized carbons (Fsp3) is 0.667. The second-order valence-electron chi connectivity index (χ2n) is 8.22. The predicted octanol–water partition coefficient (Wildman–Crippen LogP) is 3.73. The number of imidazole rings is 2. The predicted molar refractivity (Wildman–Crippen MR) is 138 cm³/mol. The van der Waals surface area contributed by atoms with Crippen molar-refractivity contribution >= 4 is 40.1 Å². The van der Waals surface area contributed by atoms with Crippen molar-refractivity contribution in [1.29, 1.82) is 0 Å². The molecule has 0 saturated heterocycles. The highest BCUT2D eigenvalue weighted by Gasteiger charge is 2.48. The summed E-state index contributed by atoms with van der Waals surface area (Å²) in [6, 6.07) is 0. The summed E-state index contributed by atoms with van der Waals surface area (Å²) in [5.74, 6) is 2.60. The van der Waals surface area contributed by atoms with Crippen LogP contribution in [0.2, 0.25) is 0 Å². The SMILES string of the molecule is CCn1cc[n+](CC)c1-c1n(CC)cc[n+]1CC.O=S(=O)([N-]S(=O)(=O)C(F)(F)F)C(F)(F)F.O=S(=O)([N-]S(=O)(=O)C(F)(F)F)C(F)(F)F. The van der Waals surface area contributed by atoms with Crippen molar-refractivity contribution in [2.45, 2.75) is 75.9 Å². The Bertz CT molecular complexity index is 1570. The average molecular weight is 809 g/mol. The Hall–Kier alpha value is -2.70. The number of hydrogen-bond donors (Lipinski definition) is 0. The highest BCUT2D eigenvalue weighted by atomic mass is 32.3. The van der Waals surface area contributed by atoms with E-state index in [1.54, 1.807) is 0 Å². The van der Waals surface area contributed by atoms with E-state index in [1.165, 1.54) is 11.6 Å². The van der Waals surface area contributed by atoms with Gasteiger partial charge in [-0.1, -0.05) is 0 Å². The first-order valence-corrected chi connectivity index (χ1v) is 17.8. The third-order valence-corrected chi connectivity index (χ3v) is 10.5. The van der Waals surface area contributed by atoms with Crippen LogP contribution in [0.5, 0.6) is 0 Å². The lowest BCUT2D eigenvalue weighted by molar-refractivity contribution is -0.711. The topological polar surface area (TPSA) is 182 Å². The van der Waals surface area contributed by atoms with Gasteiger partial charge in [0.1, 0.15) is 24.8 Å². The molecule has 2 rings (SSSR count). The van der Waals surface area contributed by atoms with Gasteiger partial charge in [-0.25, -0.2) is 51.9 Å². The van der Waals surface area contributed by atoms with E-state index in [9.17, 15) is 86.4 Å². The van der Waals surface area contributed by atoms with Gasteiger partial charge >= 0.3 is 33.7 Å². The number of alkyl halides is 12. The van der Waals surface area contributed by atoms with Gasteiger partial charge in [0.15, 0.2) is 40.1 Å². The summed E-state index contributed by atoms with van der Waals surface area (Å²) in [5, 5.41) is 0. The molecule has 0 aliphatic heterocycles. The smallest absolute Gasteiger partial charge is 0.421 e. The van der Waals surface area contributed by atoms with Gasteiger partial charge in [-0.05, 0) is 27.7 Å². The maximum absolute atomic E-state index is 11.4. The maximum atomic E-state index is 11.4. The monoisotopic (exact) mass is 808 g/mol. The van der Waals surface area contributed by atoms with E-state index in [2.05, 4.69) is 70.8 Å². The number of aryl methyl sites for hydroxylation is 4. The van der Waals surface area contributed by atoms with Gasteiger partial charge in [-0.2, -0.15) is 52.7 Å². The van der Waals surface area contributed by atoms with Crippen molar-refractivity contribution in [2.75, 3.05) is 0 Å². The highest BCUT2D eigenvalue weighted by molar-refractivity contribution is 8.13. The molecule has 0 amide bonds. The van der Waals surface area contributed by atoms with Crippen LogP contribution in [0.15, 0.2) is 24.8 Å². The van der Waals surface area contributed by atoms with Crippen molar-refractivity contribution in [3.63, 3.8) is 0 Å². The Labute approximate surface area is 265 Å². The molecule has 0 saturated carbocycles. The molecule has 48 heavy (non-hydrogen) atoms. The Balaban J connectivity index is 0.000000696. The van der Waals surface area contributed by atoms with Crippen LogP contribution >= 0.6 is 0 Å². The van der Waals surface area contributed by atoms with E-state index >= 15 is 0 Å². The minimum atomic E-state index is -6.72. The van der Waals surface area contributed by atoms with E-state index < -0.39 is 62.1 Å². The van der Waals surface area contributed by atoms with Gasteiger partial charge in [0, 0.05) is 0 Å². The van der Waals surface area contributed by atoms with E-state index in [4.69, 9.17) is 0 Å². The van der Waals surface area contributed by atoms with E-state index in [1.807, 2.05) is 0 Å². The molecule has 0 atom stereocenters. The average Bonchev–Trinajstić information content (AvgIpc) is 3.48. The van der Waals surface area contributed by atoms with Crippen LogP contribution < -0.4 is 9.13 Å². The normalized spacial score (nSPS) is 13.8. The van der Waals surface area contributed by atoms with Crippen molar-refractivity contribution < 1.29 is 95.5 Å². The summed E-state index contributed by atoms with van der Waals surface area (Å²) in [6.45, 7) is 12.8. The molecule has 0 aliphatic rings. The number of aromatic nitrogens is 4. The van der Waals surface area contributed by atoms with Crippen LogP contribution in [0.4, 0.5) is 52.7 Å². The Morgan fingerprint density at radius 3 is 0.854 bits per heavy atom. The molecule has 0 unspecified atom stereocenters. The highest BCUT2D eigenvalue weighted by Crippen LogP contribution is 2.37. The van der Waals surface area contributed by atoms with E-state index in [0.29, 0.717) is 0 Å². The molecule has 0 spiro atoms. The molecule has 0 aliphatic carbocycles. The van der Waals surface area contributed by atoms with Gasteiger partial charge in [0.25, 0.3) is 0 Å². The molecule has 0 N–H and O–H groups in total. The van der Waals surface area contributed by atoms with Crippen LogP contribution in [-0.2, 0) is 66.3 Å². The molecule has 0 fully saturated rings. The molecule has 282 valence electrons. The molecule has 2 heterocycles. The van der Waals surface area contributed by atoms with Crippen LogP contribution in [0.25, 0.3) is 19.9 Å². The minimum Gasteiger partial charge on any atom is -0.421 e. The lowest BCUT2D eigenvalue weighted by Crippen LogP contribution is -2.41. The van der Waals surface area contributed by atoms with Gasteiger partial charge in [-0.15, -0.1) is 0 Å². The minimum absolute atomic E-state index is 0.778. The standard InChI is InChI=1S/C14H24N4.2C2F6NO4S2/c1-5-15-9-10-16(6-2)13(15)14-17(7-3)11-12-18(14)8-4;2*3-1(4,5)14(10,11)9-15(12,13)2(6,7)8/h9-12H,5-8H2,1-4H3;;/q+2;2*-1. The van der Waals surface area contributed by atoms with Crippen molar-refractivity contribution in [1.82, 2.24) is 9.13 Å². The van der Waals surface area contributed by atoms with Crippen molar-refractivity contribution in [3.05, 3.63) is 33.0 Å². The number of sulfonamides is 4. The summed E-state index contributed by atoms with van der Waals surface area (Å²) < 4.78 is 228. The third-order valence-electron chi connectivity index (χ3n) is 5.07. The number of hydrogen-bond acceptors (Lipinski definition) is 8. The molecule has 0 aromatic carbocycles. The Morgan fingerprint density at radius 1 is 0.500 bits per heavy atom. The van der Waals surface area contributed by atoms with Crippen molar-refractivity contribution in [2.24, 2.45) is 0 Å². The number of halogens is 12. The second kappa shape index (κ2) is 15.5.